The van der Waals surface area contributed by atoms with Crippen LogP contribution >= 0.6 is 0 Å². The van der Waals surface area contributed by atoms with E-state index in [1.807, 2.05) is 19.9 Å². The number of ketones is 1. The van der Waals surface area contributed by atoms with Crippen molar-refractivity contribution in [3.8, 4) is 5.75 Å². The van der Waals surface area contributed by atoms with E-state index in [4.69, 9.17) is 4.74 Å². The second-order valence-electron chi connectivity index (χ2n) is 4.70. The molecule has 0 bridgehead atoms. The number of rotatable bonds is 6. The standard InChI is InChI=1S/C16H20O4/c1-4-20-16(19)13(10-9-11(2)3)15(18)12-7-5-6-8-14(12)17/h5-9,13,17H,4,10H2,1-3H3. The number of carbonyl (C=O) groups excluding carboxylic acids is 2. The van der Waals surface area contributed by atoms with Gasteiger partial charge >= 0.3 is 5.97 Å². The Morgan fingerprint density at radius 3 is 2.50 bits per heavy atom. The summed E-state index contributed by atoms with van der Waals surface area (Å²) in [4.78, 5) is 24.3. The molecule has 0 aliphatic heterocycles. The van der Waals surface area contributed by atoms with E-state index >= 15 is 0 Å². The molecule has 1 aromatic carbocycles. The molecular weight excluding hydrogens is 256 g/mol. The molecule has 0 radical (unpaired) electrons. The zero-order valence-corrected chi connectivity index (χ0v) is 12.1. The van der Waals surface area contributed by atoms with Gasteiger partial charge in [0.2, 0.25) is 0 Å². The summed E-state index contributed by atoms with van der Waals surface area (Å²) in [5, 5.41) is 9.73. The number of carbonyl (C=O) groups is 2. The number of hydrogen-bond donors (Lipinski definition) is 1. The van der Waals surface area contributed by atoms with Crippen molar-refractivity contribution in [2.24, 2.45) is 5.92 Å². The molecule has 0 aliphatic carbocycles. The fourth-order valence-electron chi connectivity index (χ4n) is 1.78. The second-order valence-corrected chi connectivity index (χ2v) is 4.70. The highest BCUT2D eigenvalue weighted by Gasteiger charge is 2.29. The van der Waals surface area contributed by atoms with Crippen LogP contribution in [-0.4, -0.2) is 23.5 Å². The normalized spacial score (nSPS) is 11.6. The first-order valence-corrected chi connectivity index (χ1v) is 6.59. The molecule has 0 amide bonds. The van der Waals surface area contributed by atoms with E-state index in [1.54, 1.807) is 19.1 Å². The van der Waals surface area contributed by atoms with Crippen molar-refractivity contribution in [3.05, 3.63) is 41.5 Å². The molecule has 20 heavy (non-hydrogen) atoms. The predicted octanol–water partition coefficient (Wildman–Crippen LogP) is 3.11. The highest BCUT2D eigenvalue weighted by atomic mass is 16.5. The highest BCUT2D eigenvalue weighted by molar-refractivity contribution is 6.10. The van der Waals surface area contributed by atoms with E-state index in [0.717, 1.165) is 5.57 Å². The molecule has 0 saturated carbocycles. The van der Waals surface area contributed by atoms with Gasteiger partial charge in [-0.25, -0.2) is 0 Å². The van der Waals surface area contributed by atoms with Gasteiger partial charge in [0, 0.05) is 0 Å². The molecule has 4 nitrogen and oxygen atoms in total. The SMILES string of the molecule is CCOC(=O)C(CC=C(C)C)C(=O)c1ccccc1O. The smallest absolute Gasteiger partial charge is 0.317 e. The number of benzene rings is 1. The summed E-state index contributed by atoms with van der Waals surface area (Å²) in [6.07, 6.45) is 2.09. The molecule has 0 saturated heterocycles. The van der Waals surface area contributed by atoms with Crippen molar-refractivity contribution in [2.75, 3.05) is 6.61 Å². The third-order valence-electron chi connectivity index (χ3n) is 2.82. The first-order valence-electron chi connectivity index (χ1n) is 6.59. The summed E-state index contributed by atoms with van der Waals surface area (Å²) in [5.74, 6) is -2.01. The summed E-state index contributed by atoms with van der Waals surface area (Å²) in [5.41, 5.74) is 1.16. The van der Waals surface area contributed by atoms with Crippen molar-refractivity contribution >= 4 is 11.8 Å². The lowest BCUT2D eigenvalue weighted by molar-refractivity contribution is -0.146. The summed E-state index contributed by atoms with van der Waals surface area (Å²) in [6, 6.07) is 6.21. The Kier molecular flexibility index (Phi) is 5.97. The summed E-state index contributed by atoms with van der Waals surface area (Å²) in [7, 11) is 0. The van der Waals surface area contributed by atoms with Gasteiger partial charge in [0.1, 0.15) is 11.7 Å². The van der Waals surface area contributed by atoms with Gasteiger partial charge in [0.15, 0.2) is 5.78 Å². The predicted molar refractivity (Wildman–Crippen MR) is 76.6 cm³/mol. The number of esters is 1. The van der Waals surface area contributed by atoms with Crippen molar-refractivity contribution in [1.82, 2.24) is 0 Å². The van der Waals surface area contributed by atoms with Gasteiger partial charge in [-0.05, 0) is 39.3 Å². The van der Waals surface area contributed by atoms with Crippen molar-refractivity contribution in [1.29, 1.82) is 0 Å². The largest absolute Gasteiger partial charge is 0.507 e. The van der Waals surface area contributed by atoms with Gasteiger partial charge in [0.25, 0.3) is 0 Å². The van der Waals surface area contributed by atoms with E-state index < -0.39 is 17.7 Å². The number of Topliss-reactive ketones (excluding diaryl/α,β-unsaturated/α-hetero) is 1. The van der Waals surface area contributed by atoms with E-state index in [2.05, 4.69) is 0 Å². The van der Waals surface area contributed by atoms with Gasteiger partial charge < -0.3 is 9.84 Å². The Hall–Kier alpha value is -2.10. The zero-order valence-electron chi connectivity index (χ0n) is 12.1. The van der Waals surface area contributed by atoms with Crippen LogP contribution in [0.4, 0.5) is 0 Å². The number of ether oxygens (including phenoxy) is 1. The molecule has 0 aromatic heterocycles. The average Bonchev–Trinajstić information content (AvgIpc) is 2.39. The maximum Gasteiger partial charge on any atom is 0.317 e. The van der Waals surface area contributed by atoms with Crippen LogP contribution in [0.25, 0.3) is 0 Å². The zero-order chi connectivity index (χ0) is 15.1. The van der Waals surface area contributed by atoms with Gasteiger partial charge in [-0.15, -0.1) is 0 Å². The third-order valence-corrected chi connectivity index (χ3v) is 2.82. The molecule has 0 spiro atoms. The van der Waals surface area contributed by atoms with Crippen molar-refractivity contribution < 1.29 is 19.4 Å². The third kappa shape index (κ3) is 4.23. The minimum Gasteiger partial charge on any atom is -0.507 e. The number of phenols is 1. The topological polar surface area (TPSA) is 63.6 Å². The van der Waals surface area contributed by atoms with Crippen molar-refractivity contribution in [2.45, 2.75) is 27.2 Å². The highest BCUT2D eigenvalue weighted by Crippen LogP contribution is 2.23. The van der Waals surface area contributed by atoms with E-state index in [-0.39, 0.29) is 24.3 Å². The van der Waals surface area contributed by atoms with E-state index in [0.29, 0.717) is 0 Å². The molecule has 1 N–H and O–H groups in total. The number of para-hydroxylation sites is 1. The van der Waals surface area contributed by atoms with Crippen LogP contribution < -0.4 is 0 Å². The van der Waals surface area contributed by atoms with Gasteiger partial charge in [-0.3, -0.25) is 9.59 Å². The Balaban J connectivity index is 3.03. The van der Waals surface area contributed by atoms with Crippen molar-refractivity contribution in [3.63, 3.8) is 0 Å². The number of phenolic OH excluding ortho intramolecular Hbond substituents is 1. The number of allylic oxidation sites excluding steroid dienone is 2. The second kappa shape index (κ2) is 7.48. The molecule has 0 aliphatic rings. The quantitative estimate of drug-likeness (QED) is 0.375. The minimum absolute atomic E-state index is 0.121. The lowest BCUT2D eigenvalue weighted by Gasteiger charge is -2.14. The van der Waals surface area contributed by atoms with Crippen LogP contribution in [0.3, 0.4) is 0 Å². The van der Waals surface area contributed by atoms with E-state index in [1.165, 1.54) is 12.1 Å². The van der Waals surface area contributed by atoms with Gasteiger partial charge in [-0.1, -0.05) is 23.8 Å². The van der Waals surface area contributed by atoms with E-state index in [9.17, 15) is 14.7 Å². The van der Waals surface area contributed by atoms with Crippen LogP contribution in [0.1, 0.15) is 37.6 Å². The van der Waals surface area contributed by atoms with Gasteiger partial charge in [-0.2, -0.15) is 0 Å². The van der Waals surface area contributed by atoms with Crippen LogP contribution in [0.2, 0.25) is 0 Å². The lowest BCUT2D eigenvalue weighted by atomic mass is 9.93. The molecular formula is C16H20O4. The van der Waals surface area contributed by atoms with Crippen LogP contribution in [0.15, 0.2) is 35.9 Å². The molecule has 0 heterocycles. The molecule has 1 unspecified atom stereocenters. The minimum atomic E-state index is -0.918. The van der Waals surface area contributed by atoms with Crippen LogP contribution in [-0.2, 0) is 9.53 Å². The molecule has 108 valence electrons. The first-order chi connectivity index (χ1) is 9.47. The molecule has 0 fully saturated rings. The maximum absolute atomic E-state index is 12.4. The first kappa shape index (κ1) is 16.0. The van der Waals surface area contributed by atoms with Crippen LogP contribution in [0.5, 0.6) is 5.75 Å². The number of hydrogen-bond acceptors (Lipinski definition) is 4. The monoisotopic (exact) mass is 276 g/mol. The Morgan fingerprint density at radius 2 is 1.95 bits per heavy atom. The molecule has 1 rings (SSSR count). The fraction of sp³-hybridized carbons (Fsp3) is 0.375. The maximum atomic E-state index is 12.4. The summed E-state index contributed by atoms with van der Waals surface area (Å²) in [6.45, 7) is 5.71. The summed E-state index contributed by atoms with van der Waals surface area (Å²) >= 11 is 0. The molecule has 4 heteroatoms. The summed E-state index contributed by atoms with van der Waals surface area (Å²) < 4.78 is 4.95. The Labute approximate surface area is 119 Å². The average molecular weight is 276 g/mol. The Bertz CT molecular complexity index is 513. The number of aromatic hydroxyl groups is 1. The molecule has 1 aromatic rings. The Morgan fingerprint density at radius 1 is 1.30 bits per heavy atom. The van der Waals surface area contributed by atoms with Gasteiger partial charge in [0.05, 0.1) is 12.2 Å². The fourth-order valence-corrected chi connectivity index (χ4v) is 1.78. The molecule has 1 atom stereocenters. The lowest BCUT2D eigenvalue weighted by Crippen LogP contribution is -2.26. The van der Waals surface area contributed by atoms with Crippen LogP contribution in [0, 0.1) is 5.92 Å².